The van der Waals surface area contributed by atoms with Gasteiger partial charge in [0.1, 0.15) is 11.6 Å². The number of carbonyl (C=O) groups is 1. The van der Waals surface area contributed by atoms with Crippen molar-refractivity contribution in [1.82, 2.24) is 9.62 Å². The molecule has 178 valence electrons. The minimum Gasteiger partial charge on any atom is -0.494 e. The number of hydrogen-bond acceptors (Lipinski definition) is 4. The van der Waals surface area contributed by atoms with E-state index in [9.17, 15) is 17.6 Å². The van der Waals surface area contributed by atoms with Gasteiger partial charge in [0.2, 0.25) is 15.9 Å². The Labute approximate surface area is 195 Å². The number of nitrogens with zero attached hydrogens (tertiary/aromatic N) is 1. The summed E-state index contributed by atoms with van der Waals surface area (Å²) in [7, 11) is -3.54. The fourth-order valence-electron chi connectivity index (χ4n) is 4.53. The van der Waals surface area contributed by atoms with Gasteiger partial charge in [0.05, 0.1) is 11.5 Å². The van der Waals surface area contributed by atoms with Gasteiger partial charge in [-0.15, -0.1) is 0 Å². The number of rotatable bonds is 8. The summed E-state index contributed by atoms with van der Waals surface area (Å²) in [5.41, 5.74) is 2.42. The molecular formula is C25H31FN2O4S. The van der Waals surface area contributed by atoms with Crippen LogP contribution in [0.4, 0.5) is 4.39 Å². The van der Waals surface area contributed by atoms with Gasteiger partial charge in [-0.05, 0) is 92.5 Å². The van der Waals surface area contributed by atoms with Gasteiger partial charge in [0.25, 0.3) is 0 Å². The maximum absolute atomic E-state index is 13.1. The molecule has 0 radical (unpaired) electrons. The van der Waals surface area contributed by atoms with E-state index in [0.717, 1.165) is 31.2 Å². The van der Waals surface area contributed by atoms with E-state index in [1.165, 1.54) is 22.0 Å². The molecule has 1 fully saturated rings. The number of carbonyl (C=O) groups excluding carboxylic acids is 1. The number of nitrogens with one attached hydrogen (secondary N) is 1. The summed E-state index contributed by atoms with van der Waals surface area (Å²) in [5, 5.41) is 2.92. The molecule has 1 aliphatic carbocycles. The molecule has 1 saturated heterocycles. The first kappa shape index (κ1) is 23.7. The zero-order valence-corrected chi connectivity index (χ0v) is 19.6. The van der Waals surface area contributed by atoms with Gasteiger partial charge >= 0.3 is 0 Å². The molecule has 8 heteroatoms. The summed E-state index contributed by atoms with van der Waals surface area (Å²) >= 11 is 0. The van der Waals surface area contributed by atoms with Crippen molar-refractivity contribution < 1.29 is 22.3 Å². The molecule has 6 nitrogen and oxygen atoms in total. The van der Waals surface area contributed by atoms with Gasteiger partial charge in [0, 0.05) is 25.6 Å². The molecule has 0 aromatic heterocycles. The number of fused-ring (bicyclic) bond motifs is 1. The second kappa shape index (κ2) is 10.7. The molecule has 0 unspecified atom stereocenters. The summed E-state index contributed by atoms with van der Waals surface area (Å²) in [4.78, 5) is 12.9. The Hall–Kier alpha value is -2.45. The van der Waals surface area contributed by atoms with Crippen LogP contribution in [0.3, 0.4) is 0 Å². The van der Waals surface area contributed by atoms with E-state index in [2.05, 4.69) is 5.32 Å². The Bertz CT molecular complexity index is 1060. The molecule has 0 bridgehead atoms. The fraction of sp³-hybridized carbons (Fsp3) is 0.480. The summed E-state index contributed by atoms with van der Waals surface area (Å²) in [6.07, 6.45) is 5.90. The van der Waals surface area contributed by atoms with E-state index >= 15 is 0 Å². The number of ether oxygens (including phenoxy) is 1. The lowest BCUT2D eigenvalue weighted by molar-refractivity contribution is -0.126. The maximum Gasteiger partial charge on any atom is 0.243 e. The highest BCUT2D eigenvalue weighted by molar-refractivity contribution is 7.89. The van der Waals surface area contributed by atoms with Gasteiger partial charge in [-0.25, -0.2) is 12.8 Å². The second-order valence-electron chi connectivity index (χ2n) is 8.76. The van der Waals surface area contributed by atoms with Crippen LogP contribution in [0.15, 0.2) is 47.4 Å². The monoisotopic (exact) mass is 474 g/mol. The quantitative estimate of drug-likeness (QED) is 0.592. The molecule has 2 aromatic rings. The Balaban J connectivity index is 1.21. The predicted octanol–water partition coefficient (Wildman–Crippen LogP) is 3.69. The van der Waals surface area contributed by atoms with Crippen LogP contribution in [-0.2, 0) is 27.7 Å². The first-order valence-corrected chi connectivity index (χ1v) is 13.2. The van der Waals surface area contributed by atoms with E-state index in [-0.39, 0.29) is 17.6 Å². The van der Waals surface area contributed by atoms with Crippen LogP contribution in [0, 0.1) is 11.7 Å². The summed E-state index contributed by atoms with van der Waals surface area (Å²) in [6, 6.07) is 11.4. The smallest absolute Gasteiger partial charge is 0.243 e. The standard InChI is InChI=1S/C25H31FN2O4S/c26-22-7-9-23(10-8-22)32-17-3-14-27-25(29)20-12-15-28(16-13-20)33(30,31)24-11-6-19-4-1-2-5-21(19)18-24/h6-11,18,20H,1-5,12-17H2,(H,27,29). The van der Waals surface area contributed by atoms with Crippen molar-refractivity contribution in [3.8, 4) is 5.75 Å². The summed E-state index contributed by atoms with van der Waals surface area (Å²) in [6.45, 7) is 1.60. The van der Waals surface area contributed by atoms with Gasteiger partial charge in [-0.2, -0.15) is 4.31 Å². The van der Waals surface area contributed by atoms with E-state index in [0.29, 0.717) is 56.1 Å². The zero-order chi connectivity index (χ0) is 23.3. The average Bonchev–Trinajstić information content (AvgIpc) is 2.84. The Morgan fingerprint density at radius 1 is 1.03 bits per heavy atom. The van der Waals surface area contributed by atoms with Crippen LogP contribution < -0.4 is 10.1 Å². The second-order valence-corrected chi connectivity index (χ2v) is 10.7. The van der Waals surface area contributed by atoms with Crippen LogP contribution in [0.1, 0.15) is 43.2 Å². The Morgan fingerprint density at radius 2 is 1.73 bits per heavy atom. The van der Waals surface area contributed by atoms with Crippen LogP contribution in [0.5, 0.6) is 5.75 Å². The molecule has 1 aliphatic heterocycles. The summed E-state index contributed by atoms with van der Waals surface area (Å²) in [5.74, 6) is 0.0620. The zero-order valence-electron chi connectivity index (χ0n) is 18.8. The molecule has 2 aliphatic rings. The van der Waals surface area contributed by atoms with Gasteiger partial charge in [-0.3, -0.25) is 4.79 Å². The lowest BCUT2D eigenvalue weighted by Gasteiger charge is -2.31. The first-order chi connectivity index (χ1) is 15.9. The molecule has 33 heavy (non-hydrogen) atoms. The van der Waals surface area contributed by atoms with Crippen molar-refractivity contribution in [2.24, 2.45) is 5.92 Å². The van der Waals surface area contributed by atoms with Crippen molar-refractivity contribution in [3.05, 3.63) is 59.4 Å². The van der Waals surface area contributed by atoms with Crippen LogP contribution in [-0.4, -0.2) is 44.9 Å². The highest BCUT2D eigenvalue weighted by Crippen LogP contribution is 2.28. The van der Waals surface area contributed by atoms with Crippen LogP contribution in [0.25, 0.3) is 0 Å². The Morgan fingerprint density at radius 3 is 2.45 bits per heavy atom. The average molecular weight is 475 g/mol. The van der Waals surface area contributed by atoms with E-state index < -0.39 is 10.0 Å². The fourth-order valence-corrected chi connectivity index (χ4v) is 6.05. The van der Waals surface area contributed by atoms with E-state index in [4.69, 9.17) is 4.74 Å². The molecule has 0 atom stereocenters. The number of piperidine rings is 1. The third kappa shape index (κ3) is 5.92. The van der Waals surface area contributed by atoms with Crippen LogP contribution >= 0.6 is 0 Å². The minimum atomic E-state index is -3.54. The Kier molecular flexibility index (Phi) is 7.65. The number of sulfonamides is 1. The molecule has 1 heterocycles. The molecule has 4 rings (SSSR count). The van der Waals surface area contributed by atoms with Crippen LogP contribution in [0.2, 0.25) is 0 Å². The van der Waals surface area contributed by atoms with E-state index in [1.54, 1.807) is 18.2 Å². The van der Waals surface area contributed by atoms with Crippen molar-refractivity contribution in [2.75, 3.05) is 26.2 Å². The topological polar surface area (TPSA) is 75.7 Å². The van der Waals surface area contributed by atoms with Crippen molar-refractivity contribution >= 4 is 15.9 Å². The molecule has 0 saturated carbocycles. The lowest BCUT2D eigenvalue weighted by atomic mass is 9.92. The third-order valence-electron chi connectivity index (χ3n) is 6.49. The first-order valence-electron chi connectivity index (χ1n) is 11.7. The SMILES string of the molecule is O=C(NCCCOc1ccc(F)cc1)C1CCN(S(=O)(=O)c2ccc3c(c2)CCCC3)CC1. The third-order valence-corrected chi connectivity index (χ3v) is 8.38. The molecule has 2 aromatic carbocycles. The largest absolute Gasteiger partial charge is 0.494 e. The number of halogens is 1. The molecule has 1 amide bonds. The van der Waals surface area contributed by atoms with Crippen molar-refractivity contribution in [1.29, 1.82) is 0 Å². The highest BCUT2D eigenvalue weighted by atomic mass is 32.2. The van der Waals surface area contributed by atoms with Gasteiger partial charge in [-0.1, -0.05) is 6.07 Å². The lowest BCUT2D eigenvalue weighted by Crippen LogP contribution is -2.43. The number of benzene rings is 2. The van der Waals surface area contributed by atoms with Crippen molar-refractivity contribution in [2.45, 2.75) is 49.8 Å². The summed E-state index contributed by atoms with van der Waals surface area (Å²) < 4.78 is 46.2. The normalized spacial score (nSPS) is 17.4. The predicted molar refractivity (Wildman–Crippen MR) is 124 cm³/mol. The molecular weight excluding hydrogens is 443 g/mol. The molecule has 1 N–H and O–H groups in total. The van der Waals surface area contributed by atoms with E-state index in [1.807, 2.05) is 12.1 Å². The van der Waals surface area contributed by atoms with Gasteiger partial charge in [0.15, 0.2) is 0 Å². The number of hydrogen-bond donors (Lipinski definition) is 1. The number of aryl methyl sites for hydroxylation is 2. The molecule has 0 spiro atoms. The number of amides is 1. The van der Waals surface area contributed by atoms with Crippen molar-refractivity contribution in [3.63, 3.8) is 0 Å². The highest BCUT2D eigenvalue weighted by Gasteiger charge is 2.32. The maximum atomic E-state index is 13.1. The van der Waals surface area contributed by atoms with Gasteiger partial charge < -0.3 is 10.1 Å². The minimum absolute atomic E-state index is 0.0392.